The van der Waals surface area contributed by atoms with Crippen LogP contribution >= 0.6 is 50.9 Å². The van der Waals surface area contributed by atoms with Gasteiger partial charge in [0, 0.05) is 10.6 Å². The number of carbonyl (C=O) groups excluding carboxylic acids is 2. The number of hydrogen-bond donors (Lipinski definition) is 0. The van der Waals surface area contributed by atoms with Crippen LogP contribution in [0.3, 0.4) is 0 Å². The Morgan fingerprint density at radius 2 is 1.96 bits per heavy atom. The number of carbonyl (C=O) groups is 2. The van der Waals surface area contributed by atoms with Gasteiger partial charge in [-0.3, -0.25) is 14.5 Å². The lowest BCUT2D eigenvalue weighted by atomic mass is 10.2. The Bertz CT molecular complexity index is 1010. The number of ether oxygens (including phenoxy) is 1. The second-order valence-electron chi connectivity index (χ2n) is 5.67. The molecule has 2 aromatic rings. The maximum Gasteiger partial charge on any atom is 0.294 e. The van der Waals surface area contributed by atoms with Gasteiger partial charge in [0.2, 0.25) is 0 Å². The minimum atomic E-state index is -0.417. The minimum Gasteiger partial charge on any atom is -0.486 e. The van der Waals surface area contributed by atoms with Gasteiger partial charge >= 0.3 is 0 Å². The number of benzene rings is 2. The summed E-state index contributed by atoms with van der Waals surface area (Å²) in [7, 11) is 0. The van der Waals surface area contributed by atoms with Crippen LogP contribution in [0.1, 0.15) is 11.1 Å². The van der Waals surface area contributed by atoms with Gasteiger partial charge in [0.15, 0.2) is 5.75 Å². The number of imide groups is 1. The van der Waals surface area contributed by atoms with E-state index in [0.717, 1.165) is 22.2 Å². The molecule has 3 rings (SSSR count). The summed E-state index contributed by atoms with van der Waals surface area (Å²) in [4.78, 5) is 25.5. The van der Waals surface area contributed by atoms with Crippen LogP contribution in [-0.4, -0.2) is 22.6 Å². The van der Waals surface area contributed by atoms with Crippen molar-refractivity contribution in [3.8, 4) is 18.1 Å². The Kier molecular flexibility index (Phi) is 6.73. The fourth-order valence-corrected chi connectivity index (χ4v) is 4.46. The summed E-state index contributed by atoms with van der Waals surface area (Å²) in [6.07, 6.45) is 6.79. The van der Waals surface area contributed by atoms with E-state index in [2.05, 4.69) is 21.9 Å². The molecule has 28 heavy (non-hydrogen) atoms. The van der Waals surface area contributed by atoms with E-state index in [1.807, 2.05) is 18.2 Å². The van der Waals surface area contributed by atoms with Crippen molar-refractivity contribution in [2.45, 2.75) is 6.61 Å². The summed E-state index contributed by atoms with van der Waals surface area (Å²) in [5, 5.41) is 0.573. The third-order valence-corrected chi connectivity index (χ3v) is 5.92. The third-order valence-electron chi connectivity index (χ3n) is 3.77. The van der Waals surface area contributed by atoms with Crippen molar-refractivity contribution in [2.24, 2.45) is 0 Å². The first-order valence-corrected chi connectivity index (χ1v) is 10.3. The molecule has 1 saturated heterocycles. The molecule has 0 spiro atoms. The molecule has 0 aromatic heterocycles. The van der Waals surface area contributed by atoms with Gasteiger partial charge in [-0.25, -0.2) is 0 Å². The number of thioether (sulfide) groups is 1. The van der Waals surface area contributed by atoms with E-state index in [1.54, 1.807) is 24.3 Å². The molecule has 0 bridgehead atoms. The number of terminal acetylenes is 1. The summed E-state index contributed by atoms with van der Waals surface area (Å²) in [5.74, 6) is 2.34. The van der Waals surface area contributed by atoms with Crippen molar-refractivity contribution in [1.82, 2.24) is 4.90 Å². The first-order valence-electron chi connectivity index (χ1n) is 7.94. The molecule has 0 aliphatic carbocycles. The van der Waals surface area contributed by atoms with Crippen LogP contribution in [0.25, 0.3) is 6.08 Å². The highest BCUT2D eigenvalue weighted by molar-refractivity contribution is 9.10. The van der Waals surface area contributed by atoms with Crippen molar-refractivity contribution >= 4 is 68.1 Å². The van der Waals surface area contributed by atoms with Gasteiger partial charge in [0.25, 0.3) is 11.1 Å². The molecule has 142 valence electrons. The predicted molar refractivity (Wildman–Crippen MR) is 116 cm³/mol. The molecule has 1 heterocycles. The zero-order valence-corrected chi connectivity index (χ0v) is 18.2. The highest BCUT2D eigenvalue weighted by atomic mass is 79.9. The van der Waals surface area contributed by atoms with Crippen LogP contribution in [0.15, 0.2) is 45.8 Å². The smallest absolute Gasteiger partial charge is 0.294 e. The largest absolute Gasteiger partial charge is 0.486 e. The van der Waals surface area contributed by atoms with E-state index >= 15 is 0 Å². The third kappa shape index (κ3) is 4.56. The van der Waals surface area contributed by atoms with Crippen molar-refractivity contribution in [3.05, 3.63) is 66.9 Å². The first-order chi connectivity index (χ1) is 13.4. The van der Waals surface area contributed by atoms with Crippen LogP contribution < -0.4 is 4.74 Å². The second kappa shape index (κ2) is 9.06. The Hall–Kier alpha value is -1.91. The number of rotatable bonds is 5. The number of amides is 2. The van der Waals surface area contributed by atoms with E-state index in [0.29, 0.717) is 25.8 Å². The minimum absolute atomic E-state index is 0.0543. The molecule has 4 nitrogen and oxygen atoms in total. The standard InChI is InChI=1S/C20H12BrCl2NO3S/c1-2-7-24-19(25)17(28-20(24)26)10-12-8-14(21)18(16(23)9-12)27-11-13-5-3-4-6-15(13)22/h1,3-6,8-10H,7,11H2/b17-10+. The van der Waals surface area contributed by atoms with Gasteiger partial charge in [-0.15, -0.1) is 6.42 Å². The normalized spacial score (nSPS) is 15.2. The lowest BCUT2D eigenvalue weighted by Gasteiger charge is -2.12. The lowest BCUT2D eigenvalue weighted by Crippen LogP contribution is -2.28. The quantitative estimate of drug-likeness (QED) is 0.376. The van der Waals surface area contributed by atoms with Gasteiger partial charge in [0.1, 0.15) is 6.61 Å². The van der Waals surface area contributed by atoms with Gasteiger partial charge in [-0.05, 0) is 57.5 Å². The highest BCUT2D eigenvalue weighted by Gasteiger charge is 2.34. The number of nitrogens with zero attached hydrogens (tertiary/aromatic N) is 1. The highest BCUT2D eigenvalue weighted by Crippen LogP contribution is 2.38. The molecule has 0 atom stereocenters. The fourth-order valence-electron chi connectivity index (χ4n) is 2.45. The summed E-state index contributed by atoms with van der Waals surface area (Å²) in [5.41, 5.74) is 1.48. The average Bonchev–Trinajstić information content (AvgIpc) is 2.90. The Labute approximate surface area is 185 Å². The van der Waals surface area contributed by atoms with E-state index in [9.17, 15) is 9.59 Å². The SMILES string of the molecule is C#CCN1C(=O)S/C(=C/c2cc(Cl)c(OCc3ccccc3Cl)c(Br)c2)C1=O. The molecule has 1 fully saturated rings. The van der Waals surface area contributed by atoms with Gasteiger partial charge < -0.3 is 4.74 Å². The maximum atomic E-state index is 12.3. The van der Waals surface area contributed by atoms with Crippen LogP contribution in [0.2, 0.25) is 10.0 Å². The van der Waals surface area contributed by atoms with Gasteiger partial charge in [0.05, 0.1) is 20.9 Å². The molecule has 2 amide bonds. The molecular formula is C20H12BrCl2NO3S. The number of halogens is 3. The molecule has 1 aliphatic heterocycles. The van der Waals surface area contributed by atoms with Crippen LogP contribution in [-0.2, 0) is 11.4 Å². The van der Waals surface area contributed by atoms with Crippen LogP contribution in [0.5, 0.6) is 5.75 Å². The summed E-state index contributed by atoms with van der Waals surface area (Å²) in [6, 6.07) is 10.8. The molecule has 0 unspecified atom stereocenters. The molecule has 8 heteroatoms. The molecule has 2 aromatic carbocycles. The van der Waals surface area contributed by atoms with E-state index in [-0.39, 0.29) is 23.3 Å². The summed E-state index contributed by atoms with van der Waals surface area (Å²) in [6.45, 7) is 0.198. The molecular weight excluding hydrogens is 485 g/mol. The van der Waals surface area contributed by atoms with E-state index in [4.69, 9.17) is 34.4 Å². The summed E-state index contributed by atoms with van der Waals surface area (Å²) >= 11 is 16.8. The van der Waals surface area contributed by atoms with Crippen molar-refractivity contribution in [3.63, 3.8) is 0 Å². The molecule has 0 saturated carbocycles. The Morgan fingerprint density at radius 3 is 2.64 bits per heavy atom. The van der Waals surface area contributed by atoms with Gasteiger partial charge in [-0.2, -0.15) is 0 Å². The zero-order chi connectivity index (χ0) is 20.3. The Morgan fingerprint density at radius 1 is 1.21 bits per heavy atom. The van der Waals surface area contributed by atoms with Crippen LogP contribution in [0.4, 0.5) is 4.79 Å². The second-order valence-corrected chi connectivity index (χ2v) is 8.33. The molecule has 0 N–H and O–H groups in total. The monoisotopic (exact) mass is 495 g/mol. The zero-order valence-electron chi connectivity index (χ0n) is 14.2. The van der Waals surface area contributed by atoms with E-state index < -0.39 is 5.91 Å². The van der Waals surface area contributed by atoms with Crippen LogP contribution in [0, 0.1) is 12.3 Å². The fraction of sp³-hybridized carbons (Fsp3) is 0.100. The molecule has 0 radical (unpaired) electrons. The lowest BCUT2D eigenvalue weighted by molar-refractivity contribution is -0.122. The first kappa shape index (κ1) is 20.8. The van der Waals surface area contributed by atoms with Crippen molar-refractivity contribution in [2.75, 3.05) is 6.54 Å². The molecule has 1 aliphatic rings. The Balaban J connectivity index is 1.81. The maximum absolute atomic E-state index is 12.3. The average molecular weight is 497 g/mol. The summed E-state index contributed by atoms with van der Waals surface area (Å²) < 4.78 is 6.42. The topological polar surface area (TPSA) is 46.6 Å². The predicted octanol–water partition coefficient (Wildman–Crippen LogP) is 6.00. The van der Waals surface area contributed by atoms with Gasteiger partial charge in [-0.1, -0.05) is 47.3 Å². The van der Waals surface area contributed by atoms with E-state index in [1.165, 1.54) is 0 Å². The van der Waals surface area contributed by atoms with Crippen molar-refractivity contribution < 1.29 is 14.3 Å². The number of hydrogen-bond acceptors (Lipinski definition) is 4. The van der Waals surface area contributed by atoms with Crippen molar-refractivity contribution in [1.29, 1.82) is 0 Å².